The minimum Gasteiger partial charge on any atom is -0.479 e. The number of ether oxygens (including phenoxy) is 2. The standard InChI is InChI=1S/C11H17N5O2/c1-17-7-6-16(5-3-4-12)10-9(13)11(18-2)15-8-14-10/h8H,3,5-7,13H2,1-2H3. The third-order valence-corrected chi connectivity index (χ3v) is 2.38. The molecule has 0 saturated heterocycles. The topological polar surface area (TPSA) is 97.3 Å². The molecule has 1 aromatic rings. The summed E-state index contributed by atoms with van der Waals surface area (Å²) in [5, 5.41) is 8.66. The van der Waals surface area contributed by atoms with Crippen LogP contribution < -0.4 is 15.4 Å². The van der Waals surface area contributed by atoms with Gasteiger partial charge in [-0.15, -0.1) is 0 Å². The zero-order chi connectivity index (χ0) is 13.4. The summed E-state index contributed by atoms with van der Waals surface area (Å²) in [4.78, 5) is 9.94. The molecule has 0 aliphatic carbocycles. The number of aromatic nitrogens is 2. The highest BCUT2D eigenvalue weighted by Crippen LogP contribution is 2.27. The molecule has 98 valence electrons. The maximum Gasteiger partial charge on any atom is 0.242 e. The maximum atomic E-state index is 8.66. The fourth-order valence-corrected chi connectivity index (χ4v) is 1.50. The second kappa shape index (κ2) is 7.29. The van der Waals surface area contributed by atoms with Crippen LogP contribution in [0.1, 0.15) is 6.42 Å². The molecule has 0 radical (unpaired) electrons. The van der Waals surface area contributed by atoms with E-state index in [2.05, 4.69) is 16.0 Å². The highest BCUT2D eigenvalue weighted by Gasteiger charge is 2.15. The van der Waals surface area contributed by atoms with Crippen LogP contribution in [-0.2, 0) is 4.74 Å². The molecule has 0 unspecified atom stereocenters. The number of hydrogen-bond donors (Lipinski definition) is 1. The number of nitriles is 1. The van der Waals surface area contributed by atoms with E-state index in [1.54, 1.807) is 7.11 Å². The van der Waals surface area contributed by atoms with Crippen molar-refractivity contribution in [3.05, 3.63) is 6.33 Å². The van der Waals surface area contributed by atoms with Gasteiger partial charge in [-0.2, -0.15) is 10.2 Å². The number of nitrogens with zero attached hydrogens (tertiary/aromatic N) is 4. The highest BCUT2D eigenvalue weighted by atomic mass is 16.5. The van der Waals surface area contributed by atoms with Crippen molar-refractivity contribution in [2.24, 2.45) is 0 Å². The molecule has 0 aliphatic rings. The Labute approximate surface area is 106 Å². The fraction of sp³-hybridized carbons (Fsp3) is 0.545. The number of nitrogen functional groups attached to an aromatic ring is 1. The van der Waals surface area contributed by atoms with Gasteiger partial charge >= 0.3 is 0 Å². The molecule has 2 N–H and O–H groups in total. The zero-order valence-corrected chi connectivity index (χ0v) is 10.6. The van der Waals surface area contributed by atoms with Crippen LogP contribution in [-0.4, -0.2) is 43.9 Å². The normalized spacial score (nSPS) is 9.83. The van der Waals surface area contributed by atoms with Crippen molar-refractivity contribution in [2.75, 3.05) is 44.5 Å². The van der Waals surface area contributed by atoms with E-state index in [1.165, 1.54) is 13.4 Å². The van der Waals surface area contributed by atoms with E-state index in [0.29, 0.717) is 43.5 Å². The van der Waals surface area contributed by atoms with E-state index in [-0.39, 0.29) is 0 Å². The molecule has 7 nitrogen and oxygen atoms in total. The van der Waals surface area contributed by atoms with Gasteiger partial charge in [0.1, 0.15) is 12.0 Å². The van der Waals surface area contributed by atoms with Gasteiger partial charge in [0.15, 0.2) is 5.82 Å². The first-order valence-electron chi connectivity index (χ1n) is 5.49. The molecule has 0 bridgehead atoms. The second-order valence-electron chi connectivity index (χ2n) is 3.51. The van der Waals surface area contributed by atoms with Crippen molar-refractivity contribution < 1.29 is 9.47 Å². The van der Waals surface area contributed by atoms with Gasteiger partial charge in [0.2, 0.25) is 5.88 Å². The minimum absolute atomic E-state index is 0.333. The van der Waals surface area contributed by atoms with E-state index in [9.17, 15) is 0 Å². The first-order valence-corrected chi connectivity index (χ1v) is 5.49. The second-order valence-corrected chi connectivity index (χ2v) is 3.51. The van der Waals surface area contributed by atoms with Gasteiger partial charge in [-0.1, -0.05) is 0 Å². The summed E-state index contributed by atoms with van der Waals surface area (Å²) >= 11 is 0. The van der Waals surface area contributed by atoms with Crippen molar-refractivity contribution in [1.82, 2.24) is 9.97 Å². The molecule has 1 heterocycles. The lowest BCUT2D eigenvalue weighted by Crippen LogP contribution is -2.30. The Kier molecular flexibility index (Phi) is 5.67. The average Bonchev–Trinajstić information content (AvgIpc) is 2.40. The van der Waals surface area contributed by atoms with Crippen LogP contribution in [0.3, 0.4) is 0 Å². The number of methoxy groups -OCH3 is 2. The molecule has 0 fully saturated rings. The molecular formula is C11H17N5O2. The summed E-state index contributed by atoms with van der Waals surface area (Å²) in [6.45, 7) is 1.66. The van der Waals surface area contributed by atoms with E-state index in [4.69, 9.17) is 20.5 Å². The zero-order valence-electron chi connectivity index (χ0n) is 10.6. The van der Waals surface area contributed by atoms with Crippen LogP contribution in [0.5, 0.6) is 5.88 Å². The Balaban J connectivity index is 2.93. The molecule has 0 aliphatic heterocycles. The Bertz CT molecular complexity index is 418. The van der Waals surface area contributed by atoms with Crippen LogP contribution in [0.4, 0.5) is 11.5 Å². The van der Waals surface area contributed by atoms with Crippen LogP contribution in [0.2, 0.25) is 0 Å². The highest BCUT2D eigenvalue weighted by molar-refractivity contribution is 5.67. The van der Waals surface area contributed by atoms with Crippen LogP contribution in [0, 0.1) is 11.3 Å². The molecule has 1 aromatic heterocycles. The Hall–Kier alpha value is -2.07. The first-order chi connectivity index (χ1) is 8.74. The molecule has 0 saturated carbocycles. The predicted molar refractivity (Wildman–Crippen MR) is 67.3 cm³/mol. The first kappa shape index (κ1) is 14.0. The van der Waals surface area contributed by atoms with E-state index in [1.807, 2.05) is 4.90 Å². The van der Waals surface area contributed by atoms with E-state index < -0.39 is 0 Å². The minimum atomic E-state index is 0.333. The van der Waals surface area contributed by atoms with E-state index >= 15 is 0 Å². The average molecular weight is 251 g/mol. The van der Waals surface area contributed by atoms with Crippen LogP contribution in [0.15, 0.2) is 6.33 Å². The molecule has 0 amide bonds. The van der Waals surface area contributed by atoms with Crippen LogP contribution in [0.25, 0.3) is 0 Å². The van der Waals surface area contributed by atoms with Crippen LogP contribution >= 0.6 is 0 Å². The van der Waals surface area contributed by atoms with Gasteiger partial charge < -0.3 is 20.1 Å². The fourth-order valence-electron chi connectivity index (χ4n) is 1.50. The molecule has 1 rings (SSSR count). The molecule has 0 spiro atoms. The van der Waals surface area contributed by atoms with Gasteiger partial charge in [-0.3, -0.25) is 0 Å². The molecule has 7 heteroatoms. The van der Waals surface area contributed by atoms with Gasteiger partial charge in [-0.05, 0) is 0 Å². The quantitative estimate of drug-likeness (QED) is 0.750. The number of nitrogens with two attached hydrogens (primary N) is 1. The summed E-state index contributed by atoms with van der Waals surface area (Å²) in [6, 6.07) is 2.09. The van der Waals surface area contributed by atoms with Gasteiger partial charge in [0.05, 0.1) is 26.2 Å². The molecular weight excluding hydrogens is 234 g/mol. The summed E-state index contributed by atoms with van der Waals surface area (Å²) in [5.41, 5.74) is 6.29. The van der Waals surface area contributed by atoms with Crippen molar-refractivity contribution >= 4 is 11.5 Å². The summed E-state index contributed by atoms with van der Waals surface area (Å²) < 4.78 is 10.1. The smallest absolute Gasteiger partial charge is 0.242 e. The maximum absolute atomic E-state index is 8.66. The Morgan fingerprint density at radius 2 is 2.17 bits per heavy atom. The lowest BCUT2D eigenvalue weighted by atomic mass is 10.3. The predicted octanol–water partition coefficient (Wildman–Crippen LogP) is 0.434. The van der Waals surface area contributed by atoms with Crippen molar-refractivity contribution in [3.8, 4) is 11.9 Å². The van der Waals surface area contributed by atoms with Gasteiger partial charge in [0, 0.05) is 20.2 Å². The monoisotopic (exact) mass is 251 g/mol. The SMILES string of the molecule is COCCN(CCC#N)c1ncnc(OC)c1N. The van der Waals surface area contributed by atoms with E-state index in [0.717, 1.165) is 0 Å². The molecule has 0 atom stereocenters. The largest absolute Gasteiger partial charge is 0.479 e. The third kappa shape index (κ3) is 3.46. The number of anilines is 2. The lowest BCUT2D eigenvalue weighted by Gasteiger charge is -2.23. The van der Waals surface area contributed by atoms with Gasteiger partial charge in [-0.25, -0.2) is 4.98 Å². The van der Waals surface area contributed by atoms with Crippen molar-refractivity contribution in [2.45, 2.75) is 6.42 Å². The number of hydrogen-bond acceptors (Lipinski definition) is 7. The van der Waals surface area contributed by atoms with Crippen molar-refractivity contribution in [3.63, 3.8) is 0 Å². The summed E-state index contributed by atoms with van der Waals surface area (Å²) in [7, 11) is 3.11. The molecule has 0 aromatic carbocycles. The lowest BCUT2D eigenvalue weighted by molar-refractivity contribution is 0.205. The summed E-state index contributed by atoms with van der Waals surface area (Å²) in [5.74, 6) is 0.897. The Morgan fingerprint density at radius 3 is 2.78 bits per heavy atom. The van der Waals surface area contributed by atoms with Gasteiger partial charge in [0.25, 0.3) is 0 Å². The third-order valence-electron chi connectivity index (χ3n) is 2.38. The Morgan fingerprint density at radius 1 is 1.39 bits per heavy atom. The number of rotatable bonds is 7. The van der Waals surface area contributed by atoms with Crippen molar-refractivity contribution in [1.29, 1.82) is 5.26 Å². The molecule has 18 heavy (non-hydrogen) atoms. The summed E-state index contributed by atoms with van der Waals surface area (Å²) in [6.07, 6.45) is 1.77.